The second-order valence-corrected chi connectivity index (χ2v) is 6.29. The van der Waals surface area contributed by atoms with E-state index in [1.54, 1.807) is 0 Å². The normalized spacial score (nSPS) is 12.0. The van der Waals surface area contributed by atoms with Gasteiger partial charge in [0.15, 0.2) is 0 Å². The molecule has 0 amide bonds. The molecule has 0 saturated carbocycles. The van der Waals surface area contributed by atoms with Gasteiger partial charge in [0, 0.05) is 24.5 Å². The van der Waals surface area contributed by atoms with Crippen molar-refractivity contribution in [2.24, 2.45) is 9.98 Å². The summed E-state index contributed by atoms with van der Waals surface area (Å²) < 4.78 is 0. The van der Waals surface area contributed by atoms with Gasteiger partial charge in [0.2, 0.25) is 0 Å². The van der Waals surface area contributed by atoms with Gasteiger partial charge in [-0.1, -0.05) is 51.0 Å². The van der Waals surface area contributed by atoms with Crippen molar-refractivity contribution in [3.63, 3.8) is 0 Å². The molecule has 0 bridgehead atoms. The third kappa shape index (κ3) is 8.40. The molecule has 141 valence electrons. The molecule has 0 aliphatic rings. The van der Waals surface area contributed by atoms with Crippen LogP contribution in [0.3, 0.4) is 0 Å². The Morgan fingerprint density at radius 1 is 0.769 bits per heavy atom. The summed E-state index contributed by atoms with van der Waals surface area (Å²) in [6, 6.07) is 8.14. The van der Waals surface area contributed by atoms with E-state index in [2.05, 4.69) is 45.4 Å². The van der Waals surface area contributed by atoms with Crippen LogP contribution >= 0.6 is 10.0 Å². The molecule has 6 heteroatoms. The summed E-state index contributed by atoms with van der Waals surface area (Å²) in [7, 11) is 4.51. The van der Waals surface area contributed by atoms with E-state index in [9.17, 15) is 0 Å². The topological polar surface area (TPSA) is 52.9 Å². The molecule has 0 aliphatic carbocycles. The summed E-state index contributed by atoms with van der Waals surface area (Å²) in [5.41, 5.74) is 6.22. The van der Waals surface area contributed by atoms with Gasteiger partial charge in [0.1, 0.15) is 0 Å². The summed E-state index contributed by atoms with van der Waals surface area (Å²) in [6.07, 6.45) is 4.66. The van der Waals surface area contributed by atoms with Crippen LogP contribution in [0.4, 0.5) is 0 Å². The molecule has 2 rings (SSSR count). The first-order chi connectivity index (χ1) is 12.6. The van der Waals surface area contributed by atoms with E-state index < -0.39 is 0 Å². The molecule has 2 aromatic heterocycles. The molecule has 4 nitrogen and oxygen atoms in total. The Balaban J connectivity index is 0.00000163. The first-order valence-electron chi connectivity index (χ1n) is 8.95. The maximum absolute atomic E-state index is 4.61. The fraction of sp³-hybridized carbons (Fsp3) is 0.500. The van der Waals surface area contributed by atoms with Gasteiger partial charge in [-0.05, 0) is 26.7 Å². The summed E-state index contributed by atoms with van der Waals surface area (Å²) in [4.78, 5) is 18.1. The van der Waals surface area contributed by atoms with Crippen molar-refractivity contribution in [2.75, 3.05) is 13.1 Å². The first kappa shape index (κ1) is 22.8. The molecule has 0 spiro atoms. The maximum atomic E-state index is 4.61. The molecule has 0 fully saturated rings. The van der Waals surface area contributed by atoms with E-state index in [-0.39, 0.29) is 0 Å². The van der Waals surface area contributed by atoms with Gasteiger partial charge >= 0.3 is 25.4 Å². The quantitative estimate of drug-likeness (QED) is 0.440. The van der Waals surface area contributed by atoms with E-state index in [0.717, 1.165) is 60.1 Å². The molecule has 0 unspecified atom stereocenters. The Morgan fingerprint density at radius 2 is 1.15 bits per heavy atom. The van der Waals surface area contributed by atoms with Crippen LogP contribution in [0.5, 0.6) is 0 Å². The third-order valence-electron chi connectivity index (χ3n) is 4.06. The number of hydrogen-bond acceptors (Lipinski definition) is 2. The van der Waals surface area contributed by atoms with Crippen molar-refractivity contribution in [2.45, 2.75) is 53.4 Å². The summed E-state index contributed by atoms with van der Waals surface area (Å²) in [5, 5.41) is 0. The van der Waals surface area contributed by atoms with Gasteiger partial charge in [-0.15, -0.1) is 11.4 Å². The molecule has 0 radical (unpaired) electrons. The molecule has 26 heavy (non-hydrogen) atoms. The standard InChI is InChI=1S/C20H28N4.ClH.Cr/c1-15-9-11-19(23-15)17(3)21-13-7-5-6-8-14-22-18(4)20-12-10-16(2)24-20;;/h9-12H,5-8,13-14H2,1-4H3;1H;/q-2;;+3/p-1. The van der Waals surface area contributed by atoms with Gasteiger partial charge < -0.3 is 9.97 Å². The van der Waals surface area contributed by atoms with Gasteiger partial charge in [-0.2, -0.15) is 11.4 Å². The molecule has 2 aromatic rings. The second kappa shape index (κ2) is 13.0. The van der Waals surface area contributed by atoms with Crippen LogP contribution in [0.25, 0.3) is 0 Å². The fourth-order valence-electron chi connectivity index (χ4n) is 2.56. The molecule has 0 saturated heterocycles. The number of unbranched alkanes of at least 4 members (excludes halogenated alkanes) is 3. The zero-order chi connectivity index (χ0) is 19.4. The van der Waals surface area contributed by atoms with E-state index in [1.165, 1.54) is 12.8 Å². The molecule has 0 aromatic carbocycles. The zero-order valence-corrected chi connectivity index (χ0v) is 18.2. The molecule has 0 aliphatic heterocycles. The minimum absolute atomic E-state index is 0.886. The average molecular weight is 412 g/mol. The summed E-state index contributed by atoms with van der Waals surface area (Å²) >= 11 is 2.10. The van der Waals surface area contributed by atoms with Gasteiger partial charge in [0.25, 0.3) is 0 Å². The number of aliphatic imine (C=N–C) groups is 2. The second-order valence-electron chi connectivity index (χ2n) is 6.29. The Morgan fingerprint density at radius 3 is 1.46 bits per heavy atom. The third-order valence-corrected chi connectivity index (χ3v) is 4.06. The van der Waals surface area contributed by atoms with Crippen molar-refractivity contribution >= 4 is 21.5 Å². The Hall–Kier alpha value is -1.28. The summed E-state index contributed by atoms with van der Waals surface area (Å²) in [5.74, 6) is 0. The predicted molar refractivity (Wildman–Crippen MR) is 107 cm³/mol. The van der Waals surface area contributed by atoms with Crippen molar-refractivity contribution in [1.82, 2.24) is 9.97 Å². The number of halogens is 1. The van der Waals surface area contributed by atoms with Crippen LogP contribution in [0, 0.1) is 13.8 Å². The van der Waals surface area contributed by atoms with Crippen molar-refractivity contribution in [3.05, 3.63) is 47.0 Å². The van der Waals surface area contributed by atoms with Crippen LogP contribution in [-0.2, 0) is 15.4 Å². The van der Waals surface area contributed by atoms with Crippen molar-refractivity contribution in [1.29, 1.82) is 0 Å². The van der Waals surface area contributed by atoms with Crippen LogP contribution in [0.1, 0.15) is 62.3 Å². The first-order valence-corrected chi connectivity index (χ1v) is 10.7. The summed E-state index contributed by atoms with van der Waals surface area (Å²) in [6.45, 7) is 9.87. The van der Waals surface area contributed by atoms with Crippen LogP contribution in [0.15, 0.2) is 34.3 Å². The SMILES string of the molecule is CC(=NCCCCCCN=C(C)c1ccc(C)[n-]1)c1ccc(C)[n-]1.[Cl][Cr+2]. The number of rotatable bonds is 9. The van der Waals surface area contributed by atoms with E-state index in [4.69, 9.17) is 0 Å². The average Bonchev–Trinajstić information content (AvgIpc) is 3.27. The number of aryl methyl sites for hydroxylation is 2. The van der Waals surface area contributed by atoms with E-state index in [1.807, 2.05) is 52.0 Å². The number of hydrogen-bond donors (Lipinski definition) is 0. The Bertz CT molecular complexity index is 640. The van der Waals surface area contributed by atoms with Crippen LogP contribution < -0.4 is 9.97 Å². The van der Waals surface area contributed by atoms with Gasteiger partial charge in [0.05, 0.1) is 0 Å². The molecule has 0 atom stereocenters. The molecule has 0 N–H and O–H groups in total. The molecular formula is C20H28ClCrN4. The fourth-order valence-corrected chi connectivity index (χ4v) is 2.56. The van der Waals surface area contributed by atoms with Crippen LogP contribution in [0.2, 0.25) is 0 Å². The zero-order valence-electron chi connectivity index (χ0n) is 16.1. The van der Waals surface area contributed by atoms with Gasteiger partial charge in [-0.25, -0.2) is 0 Å². The van der Waals surface area contributed by atoms with Gasteiger partial charge in [-0.3, -0.25) is 9.98 Å². The molecule has 2 heterocycles. The number of nitrogens with zero attached hydrogens (tertiary/aromatic N) is 4. The van der Waals surface area contributed by atoms with Crippen molar-refractivity contribution in [3.8, 4) is 0 Å². The minimum atomic E-state index is 0.886. The van der Waals surface area contributed by atoms with Crippen molar-refractivity contribution < 1.29 is 15.4 Å². The van der Waals surface area contributed by atoms with E-state index >= 15 is 0 Å². The number of aromatic nitrogens is 2. The predicted octanol–water partition coefficient (Wildman–Crippen LogP) is 4.78. The van der Waals surface area contributed by atoms with Crippen LogP contribution in [-0.4, -0.2) is 24.5 Å². The van der Waals surface area contributed by atoms with E-state index in [0.29, 0.717) is 0 Å². The molecular weight excluding hydrogens is 384 g/mol. The monoisotopic (exact) mass is 411 g/mol. The Labute approximate surface area is 170 Å². The Kier molecular flexibility index (Phi) is 11.4.